The van der Waals surface area contributed by atoms with Crippen molar-refractivity contribution < 1.29 is 4.74 Å². The molecule has 1 aromatic rings. The summed E-state index contributed by atoms with van der Waals surface area (Å²) >= 11 is 0. The quantitative estimate of drug-likeness (QED) is 0.869. The number of benzene rings is 1. The van der Waals surface area contributed by atoms with Crippen LogP contribution in [0.3, 0.4) is 0 Å². The zero-order valence-electron chi connectivity index (χ0n) is 13.8. The Hall–Kier alpha value is -1.10. The molecule has 1 N–H and O–H groups in total. The van der Waals surface area contributed by atoms with Gasteiger partial charge in [0.05, 0.1) is 13.2 Å². The van der Waals surface area contributed by atoms with Gasteiger partial charge >= 0.3 is 0 Å². The van der Waals surface area contributed by atoms with Crippen LogP contribution in [0.25, 0.3) is 0 Å². The third kappa shape index (κ3) is 4.99. The summed E-state index contributed by atoms with van der Waals surface area (Å²) in [5.74, 6) is 0. The summed E-state index contributed by atoms with van der Waals surface area (Å²) in [5.41, 5.74) is 2.58. The van der Waals surface area contributed by atoms with Crippen molar-refractivity contribution in [2.24, 2.45) is 0 Å². The van der Waals surface area contributed by atoms with E-state index in [4.69, 9.17) is 4.74 Å². The van der Waals surface area contributed by atoms with Gasteiger partial charge in [-0.15, -0.1) is 0 Å². The Bertz CT molecular complexity index is 413. The Morgan fingerprint density at radius 1 is 1.14 bits per heavy atom. The first-order valence-electron chi connectivity index (χ1n) is 7.89. The Morgan fingerprint density at radius 3 is 2.33 bits per heavy atom. The van der Waals surface area contributed by atoms with E-state index < -0.39 is 0 Å². The molecule has 1 saturated heterocycles. The number of nitrogens with zero attached hydrogens (tertiary/aromatic N) is 2. The van der Waals surface area contributed by atoms with Crippen molar-refractivity contribution in [2.75, 3.05) is 51.8 Å². The van der Waals surface area contributed by atoms with E-state index in [1.807, 2.05) is 0 Å². The number of rotatable bonds is 6. The largest absolute Gasteiger partial charge is 0.379 e. The van der Waals surface area contributed by atoms with E-state index in [0.29, 0.717) is 12.1 Å². The van der Waals surface area contributed by atoms with Crippen molar-refractivity contribution in [1.29, 1.82) is 0 Å². The molecule has 1 fully saturated rings. The summed E-state index contributed by atoms with van der Waals surface area (Å²) in [6.45, 7) is 9.43. The van der Waals surface area contributed by atoms with Crippen molar-refractivity contribution in [2.45, 2.75) is 25.9 Å². The van der Waals surface area contributed by atoms with Crippen LogP contribution >= 0.6 is 0 Å². The highest BCUT2D eigenvalue weighted by atomic mass is 16.5. The van der Waals surface area contributed by atoms with E-state index in [9.17, 15) is 0 Å². The predicted molar refractivity (Wildman–Crippen MR) is 89.0 cm³/mol. The second-order valence-electron chi connectivity index (χ2n) is 6.19. The average Bonchev–Trinajstić information content (AvgIpc) is 2.48. The average molecular weight is 291 g/mol. The van der Waals surface area contributed by atoms with Crippen LogP contribution in [0.5, 0.6) is 0 Å². The molecule has 1 heterocycles. The molecule has 0 saturated carbocycles. The molecule has 0 aliphatic carbocycles. The fourth-order valence-corrected chi connectivity index (χ4v) is 2.81. The minimum atomic E-state index is 0.372. The van der Waals surface area contributed by atoms with Crippen LogP contribution in [0.2, 0.25) is 0 Å². The first kappa shape index (κ1) is 16.3. The van der Waals surface area contributed by atoms with E-state index in [-0.39, 0.29) is 0 Å². The molecular weight excluding hydrogens is 262 g/mol. The standard InChI is InChI=1S/C17H29N3O/c1-14(13-20-9-11-21-12-10-20)18-15(2)16-5-7-17(8-6-16)19(3)4/h5-8,14-15,18H,9-13H2,1-4H3. The smallest absolute Gasteiger partial charge is 0.0594 e. The zero-order valence-corrected chi connectivity index (χ0v) is 13.8. The molecule has 0 aromatic heterocycles. The number of morpholine rings is 1. The normalized spacial score (nSPS) is 19.2. The van der Waals surface area contributed by atoms with Crippen molar-refractivity contribution in [3.63, 3.8) is 0 Å². The van der Waals surface area contributed by atoms with Crippen LogP contribution in [0, 0.1) is 0 Å². The van der Waals surface area contributed by atoms with Gasteiger partial charge in [0.2, 0.25) is 0 Å². The van der Waals surface area contributed by atoms with Crippen LogP contribution in [0.4, 0.5) is 5.69 Å². The van der Waals surface area contributed by atoms with Crippen molar-refractivity contribution >= 4 is 5.69 Å². The molecule has 2 unspecified atom stereocenters. The van der Waals surface area contributed by atoms with Crippen LogP contribution in [-0.2, 0) is 4.74 Å². The maximum Gasteiger partial charge on any atom is 0.0594 e. The molecule has 0 spiro atoms. The van der Waals surface area contributed by atoms with E-state index >= 15 is 0 Å². The Labute approximate surface area is 129 Å². The molecular formula is C17H29N3O. The lowest BCUT2D eigenvalue weighted by atomic mass is 10.1. The highest BCUT2D eigenvalue weighted by Crippen LogP contribution is 2.18. The van der Waals surface area contributed by atoms with Gasteiger partial charge in [0.1, 0.15) is 0 Å². The lowest BCUT2D eigenvalue weighted by molar-refractivity contribution is 0.0339. The molecule has 2 rings (SSSR count). The summed E-state index contributed by atoms with van der Waals surface area (Å²) < 4.78 is 5.40. The summed E-state index contributed by atoms with van der Waals surface area (Å²) in [4.78, 5) is 4.60. The fraction of sp³-hybridized carbons (Fsp3) is 0.647. The van der Waals surface area contributed by atoms with E-state index in [0.717, 1.165) is 32.8 Å². The number of hydrogen-bond donors (Lipinski definition) is 1. The highest BCUT2D eigenvalue weighted by Gasteiger charge is 2.15. The lowest BCUT2D eigenvalue weighted by Gasteiger charge is -2.30. The van der Waals surface area contributed by atoms with Gasteiger partial charge < -0.3 is 15.0 Å². The monoisotopic (exact) mass is 291 g/mol. The van der Waals surface area contributed by atoms with E-state index in [1.54, 1.807) is 0 Å². The zero-order chi connectivity index (χ0) is 15.2. The molecule has 0 amide bonds. The van der Waals surface area contributed by atoms with Gasteiger partial charge in [0, 0.05) is 51.5 Å². The van der Waals surface area contributed by atoms with E-state index in [2.05, 4.69) is 67.3 Å². The summed E-state index contributed by atoms with van der Waals surface area (Å²) in [7, 11) is 4.14. The Kier molecular flexibility index (Phi) is 6.03. The van der Waals surface area contributed by atoms with Crippen LogP contribution < -0.4 is 10.2 Å². The number of anilines is 1. The second kappa shape index (κ2) is 7.78. The minimum Gasteiger partial charge on any atom is -0.379 e. The van der Waals surface area contributed by atoms with Gasteiger partial charge in [-0.1, -0.05) is 12.1 Å². The first-order valence-corrected chi connectivity index (χ1v) is 7.89. The Balaban J connectivity index is 1.83. The topological polar surface area (TPSA) is 27.7 Å². The molecule has 0 bridgehead atoms. The van der Waals surface area contributed by atoms with Gasteiger partial charge in [-0.05, 0) is 31.5 Å². The van der Waals surface area contributed by atoms with Crippen molar-refractivity contribution in [3.8, 4) is 0 Å². The van der Waals surface area contributed by atoms with Gasteiger partial charge in [-0.3, -0.25) is 4.90 Å². The van der Waals surface area contributed by atoms with Crippen LogP contribution in [0.15, 0.2) is 24.3 Å². The Morgan fingerprint density at radius 2 is 1.76 bits per heavy atom. The first-order chi connectivity index (χ1) is 10.1. The number of ether oxygens (including phenoxy) is 1. The second-order valence-corrected chi connectivity index (χ2v) is 6.19. The molecule has 118 valence electrons. The predicted octanol–water partition coefficient (Wildman–Crippen LogP) is 2.12. The number of nitrogens with one attached hydrogen (secondary N) is 1. The number of hydrogen-bond acceptors (Lipinski definition) is 4. The maximum atomic E-state index is 5.40. The fourth-order valence-electron chi connectivity index (χ4n) is 2.81. The van der Waals surface area contributed by atoms with Gasteiger partial charge in [-0.2, -0.15) is 0 Å². The third-order valence-electron chi connectivity index (χ3n) is 4.08. The van der Waals surface area contributed by atoms with Crippen molar-refractivity contribution in [3.05, 3.63) is 29.8 Å². The minimum absolute atomic E-state index is 0.372. The third-order valence-corrected chi connectivity index (χ3v) is 4.08. The molecule has 1 aliphatic heterocycles. The summed E-state index contributed by atoms with van der Waals surface area (Å²) in [5, 5.41) is 3.70. The van der Waals surface area contributed by atoms with Crippen molar-refractivity contribution in [1.82, 2.24) is 10.2 Å². The molecule has 4 nitrogen and oxygen atoms in total. The van der Waals surface area contributed by atoms with Gasteiger partial charge in [-0.25, -0.2) is 0 Å². The highest BCUT2D eigenvalue weighted by molar-refractivity contribution is 5.46. The maximum absolute atomic E-state index is 5.40. The molecule has 21 heavy (non-hydrogen) atoms. The van der Waals surface area contributed by atoms with E-state index in [1.165, 1.54) is 11.3 Å². The molecule has 1 aliphatic rings. The van der Waals surface area contributed by atoms with Gasteiger partial charge in [0.15, 0.2) is 0 Å². The molecule has 2 atom stereocenters. The SMILES string of the molecule is CC(CN1CCOCC1)NC(C)c1ccc(N(C)C)cc1. The summed E-state index contributed by atoms with van der Waals surface area (Å²) in [6.07, 6.45) is 0. The molecule has 0 radical (unpaired) electrons. The van der Waals surface area contributed by atoms with Gasteiger partial charge in [0.25, 0.3) is 0 Å². The van der Waals surface area contributed by atoms with Crippen LogP contribution in [-0.4, -0.2) is 57.9 Å². The summed E-state index contributed by atoms with van der Waals surface area (Å²) in [6, 6.07) is 9.65. The lowest BCUT2D eigenvalue weighted by Crippen LogP contribution is -2.44. The van der Waals surface area contributed by atoms with Crippen LogP contribution in [0.1, 0.15) is 25.5 Å². The molecule has 4 heteroatoms. The molecule has 1 aromatic carbocycles.